The molecule has 0 aliphatic carbocycles. The molecule has 1 aromatic carbocycles. The van der Waals surface area contributed by atoms with Crippen LogP contribution >= 0.6 is 0 Å². The highest BCUT2D eigenvalue weighted by Gasteiger charge is 2.52. The maximum absolute atomic E-state index is 6.27. The molecule has 0 aromatic heterocycles. The fourth-order valence-corrected chi connectivity index (χ4v) is 2.79. The quantitative estimate of drug-likeness (QED) is 0.762. The summed E-state index contributed by atoms with van der Waals surface area (Å²) in [4.78, 5) is 0. The van der Waals surface area contributed by atoms with Crippen LogP contribution in [-0.4, -0.2) is 18.3 Å². The van der Waals surface area contributed by atoms with Crippen molar-refractivity contribution < 1.29 is 9.31 Å². The Labute approximate surface area is 136 Å². The first-order valence-corrected chi connectivity index (χ1v) is 8.36. The van der Waals surface area contributed by atoms with Gasteiger partial charge in [-0.2, -0.15) is 0 Å². The summed E-state index contributed by atoms with van der Waals surface area (Å²) >= 11 is 0. The number of aryl methyl sites for hydroxylation is 1. The van der Waals surface area contributed by atoms with Crippen LogP contribution in [0.15, 0.2) is 23.8 Å². The first kappa shape index (κ1) is 17.3. The second-order valence-electron chi connectivity index (χ2n) is 7.18. The second-order valence-corrected chi connectivity index (χ2v) is 7.18. The highest BCUT2D eigenvalue weighted by Crippen LogP contribution is 2.37. The zero-order valence-electron chi connectivity index (χ0n) is 15.1. The van der Waals surface area contributed by atoms with Crippen LogP contribution in [0.3, 0.4) is 0 Å². The maximum atomic E-state index is 6.27. The minimum absolute atomic E-state index is 0.299. The average molecular weight is 300 g/mol. The van der Waals surface area contributed by atoms with E-state index in [1.807, 2.05) is 0 Å². The van der Waals surface area contributed by atoms with Crippen LogP contribution in [-0.2, 0) is 9.31 Å². The van der Waals surface area contributed by atoms with Gasteiger partial charge in [-0.25, -0.2) is 0 Å². The van der Waals surface area contributed by atoms with Crippen molar-refractivity contribution in [1.29, 1.82) is 0 Å². The van der Waals surface area contributed by atoms with Gasteiger partial charge in [-0.05, 0) is 58.5 Å². The molecule has 3 heteroatoms. The van der Waals surface area contributed by atoms with Crippen LogP contribution in [0.4, 0.5) is 0 Å². The molecule has 0 unspecified atom stereocenters. The van der Waals surface area contributed by atoms with Gasteiger partial charge in [0, 0.05) is 0 Å². The topological polar surface area (TPSA) is 18.5 Å². The van der Waals surface area contributed by atoms with Gasteiger partial charge in [0.15, 0.2) is 0 Å². The Morgan fingerprint density at radius 3 is 2.09 bits per heavy atom. The summed E-state index contributed by atoms with van der Waals surface area (Å²) in [6.07, 6.45) is 4.45. The minimum atomic E-state index is -0.306. The fourth-order valence-electron chi connectivity index (χ4n) is 2.79. The highest BCUT2D eigenvalue weighted by molar-refractivity contribution is 6.63. The molecule has 0 bridgehead atoms. The van der Waals surface area contributed by atoms with Crippen LogP contribution < -0.4 is 5.46 Å². The zero-order chi connectivity index (χ0) is 16.5. The number of hydrogen-bond donors (Lipinski definition) is 0. The lowest BCUT2D eigenvalue weighted by Crippen LogP contribution is -2.41. The summed E-state index contributed by atoms with van der Waals surface area (Å²) in [5, 5.41) is 0. The van der Waals surface area contributed by atoms with E-state index in [1.165, 1.54) is 22.2 Å². The van der Waals surface area contributed by atoms with Crippen LogP contribution in [0.25, 0.3) is 6.08 Å². The summed E-state index contributed by atoms with van der Waals surface area (Å²) in [5.41, 5.74) is 4.44. The van der Waals surface area contributed by atoms with Gasteiger partial charge >= 0.3 is 7.12 Å². The third-order valence-corrected chi connectivity index (χ3v) is 5.11. The van der Waals surface area contributed by atoms with Crippen LogP contribution in [0.1, 0.15) is 65.5 Å². The van der Waals surface area contributed by atoms with Crippen LogP contribution in [0, 0.1) is 6.92 Å². The van der Waals surface area contributed by atoms with Crippen LogP contribution in [0.5, 0.6) is 0 Å². The van der Waals surface area contributed by atoms with Crippen molar-refractivity contribution in [3.8, 4) is 0 Å². The zero-order valence-corrected chi connectivity index (χ0v) is 15.1. The van der Waals surface area contributed by atoms with Crippen molar-refractivity contribution in [1.82, 2.24) is 0 Å². The second kappa shape index (κ2) is 6.21. The highest BCUT2D eigenvalue weighted by atomic mass is 16.7. The molecule has 0 radical (unpaired) electrons. The van der Waals surface area contributed by atoms with Gasteiger partial charge in [-0.1, -0.05) is 49.3 Å². The molecule has 0 saturated carbocycles. The van der Waals surface area contributed by atoms with Gasteiger partial charge in [0.25, 0.3) is 0 Å². The molecular formula is C19H29BO2. The number of benzene rings is 1. The molecule has 1 fully saturated rings. The molecule has 1 aliphatic heterocycles. The van der Waals surface area contributed by atoms with E-state index in [-0.39, 0.29) is 18.3 Å². The van der Waals surface area contributed by atoms with E-state index in [1.54, 1.807) is 0 Å². The Morgan fingerprint density at radius 1 is 1.05 bits per heavy atom. The molecular weight excluding hydrogens is 271 g/mol. The van der Waals surface area contributed by atoms with E-state index in [0.717, 1.165) is 12.8 Å². The molecule has 2 nitrogen and oxygen atoms in total. The maximum Gasteiger partial charge on any atom is 0.495 e. The predicted octanol–water partition coefficient (Wildman–Crippen LogP) is 4.50. The largest absolute Gasteiger partial charge is 0.495 e. The van der Waals surface area contributed by atoms with Gasteiger partial charge in [-0.3, -0.25) is 0 Å². The van der Waals surface area contributed by atoms with Gasteiger partial charge in [0.05, 0.1) is 11.2 Å². The fraction of sp³-hybridized carbons (Fsp3) is 0.579. The monoisotopic (exact) mass is 300 g/mol. The van der Waals surface area contributed by atoms with E-state index in [2.05, 4.69) is 72.7 Å². The van der Waals surface area contributed by atoms with Crippen molar-refractivity contribution in [3.63, 3.8) is 0 Å². The summed E-state index contributed by atoms with van der Waals surface area (Å²) in [5.74, 6) is 0. The van der Waals surface area contributed by atoms with E-state index in [9.17, 15) is 0 Å². The van der Waals surface area contributed by atoms with Crippen molar-refractivity contribution in [2.24, 2.45) is 0 Å². The third kappa shape index (κ3) is 3.16. The smallest absolute Gasteiger partial charge is 0.399 e. The average Bonchev–Trinajstić information content (AvgIpc) is 2.64. The SMILES string of the molecule is CCC(=Cc1cccc(C)c1B1OC(C)(C)C(C)(C)O1)CC. The third-order valence-electron chi connectivity index (χ3n) is 5.11. The molecule has 120 valence electrons. The Bertz CT molecular complexity index is 551. The molecule has 1 heterocycles. The van der Waals surface area contributed by atoms with Gasteiger partial charge < -0.3 is 9.31 Å². The molecule has 2 rings (SSSR count). The molecule has 0 atom stereocenters. The molecule has 0 spiro atoms. The Kier molecular flexibility index (Phi) is 4.89. The lowest BCUT2D eigenvalue weighted by Gasteiger charge is -2.32. The normalized spacial score (nSPS) is 19.3. The van der Waals surface area contributed by atoms with E-state index >= 15 is 0 Å². The summed E-state index contributed by atoms with van der Waals surface area (Å²) in [7, 11) is -0.299. The standard InChI is InChI=1S/C19H29BO2/c1-8-15(9-2)13-16-12-10-11-14(3)17(16)20-21-18(4,5)19(6,7)22-20/h10-13H,8-9H2,1-7H3. The van der Waals surface area contributed by atoms with Gasteiger partial charge in [0.1, 0.15) is 0 Å². The number of rotatable bonds is 4. The molecule has 1 saturated heterocycles. The van der Waals surface area contributed by atoms with Crippen molar-refractivity contribution in [2.75, 3.05) is 0 Å². The first-order chi connectivity index (χ1) is 10.2. The van der Waals surface area contributed by atoms with E-state index < -0.39 is 0 Å². The van der Waals surface area contributed by atoms with Crippen molar-refractivity contribution >= 4 is 18.7 Å². The molecule has 0 amide bonds. The molecule has 0 N–H and O–H groups in total. The van der Waals surface area contributed by atoms with Crippen LogP contribution in [0.2, 0.25) is 0 Å². The lowest BCUT2D eigenvalue weighted by atomic mass is 9.73. The molecule has 22 heavy (non-hydrogen) atoms. The first-order valence-electron chi connectivity index (χ1n) is 8.36. The summed E-state index contributed by atoms with van der Waals surface area (Å²) in [6, 6.07) is 6.41. The lowest BCUT2D eigenvalue weighted by molar-refractivity contribution is 0.00578. The number of allylic oxidation sites excluding steroid dienone is 1. The van der Waals surface area contributed by atoms with E-state index in [4.69, 9.17) is 9.31 Å². The predicted molar refractivity (Wildman–Crippen MR) is 95.5 cm³/mol. The molecule has 1 aliphatic rings. The summed E-state index contributed by atoms with van der Waals surface area (Å²) in [6.45, 7) is 15.0. The van der Waals surface area contributed by atoms with E-state index in [0.29, 0.717) is 0 Å². The Hall–Kier alpha value is -1.06. The van der Waals surface area contributed by atoms with Gasteiger partial charge in [0.2, 0.25) is 0 Å². The van der Waals surface area contributed by atoms with Crippen molar-refractivity contribution in [3.05, 3.63) is 34.9 Å². The summed E-state index contributed by atoms with van der Waals surface area (Å²) < 4.78 is 12.5. The number of hydrogen-bond acceptors (Lipinski definition) is 2. The Morgan fingerprint density at radius 2 is 1.59 bits per heavy atom. The Balaban J connectivity index is 2.46. The van der Waals surface area contributed by atoms with Crippen molar-refractivity contribution in [2.45, 2.75) is 72.5 Å². The molecule has 1 aromatic rings. The van der Waals surface area contributed by atoms with Gasteiger partial charge in [-0.15, -0.1) is 0 Å². The minimum Gasteiger partial charge on any atom is -0.399 e.